The van der Waals surface area contributed by atoms with Gasteiger partial charge < -0.3 is 0 Å². The minimum absolute atomic E-state index is 0.757. The minimum atomic E-state index is 0.757. The van der Waals surface area contributed by atoms with Crippen LogP contribution < -0.4 is 0 Å². The van der Waals surface area contributed by atoms with Crippen molar-refractivity contribution in [1.29, 1.82) is 0 Å². The van der Waals surface area contributed by atoms with E-state index in [2.05, 4.69) is 36.7 Å². The quantitative estimate of drug-likeness (QED) is 0.598. The van der Waals surface area contributed by atoms with Gasteiger partial charge in [0.05, 0.1) is 0 Å². The third kappa shape index (κ3) is 3.60. The smallest absolute Gasteiger partial charge is 0.0173 e. The van der Waals surface area contributed by atoms with Crippen LogP contribution >= 0.6 is 15.9 Å². The summed E-state index contributed by atoms with van der Waals surface area (Å²) in [5, 5.41) is 0. The van der Waals surface area contributed by atoms with Crippen LogP contribution in [0.4, 0.5) is 0 Å². The molecule has 1 atom stereocenters. The lowest BCUT2D eigenvalue weighted by Crippen LogP contribution is -2.11. The highest BCUT2D eigenvalue weighted by molar-refractivity contribution is 9.09. The van der Waals surface area contributed by atoms with Gasteiger partial charge in [-0.2, -0.15) is 0 Å². The van der Waals surface area contributed by atoms with Crippen LogP contribution in [0.5, 0.6) is 0 Å². The topological polar surface area (TPSA) is 0 Å². The molecule has 0 saturated heterocycles. The van der Waals surface area contributed by atoms with E-state index >= 15 is 0 Å². The largest absolute Gasteiger partial charge is 0.0888 e. The molecule has 1 heteroatoms. The first-order chi connectivity index (χ1) is 4.76. The predicted octanol–water partition coefficient (Wildman–Crippen LogP) is 3.99. The second-order valence-corrected chi connectivity index (χ2v) is 4.06. The third-order valence-electron chi connectivity index (χ3n) is 2.12. The first kappa shape index (κ1) is 10.5. The van der Waals surface area contributed by atoms with E-state index in [9.17, 15) is 0 Å². The molecule has 1 unspecified atom stereocenters. The summed E-state index contributed by atoms with van der Waals surface area (Å²) in [6, 6.07) is 0. The van der Waals surface area contributed by atoms with Crippen molar-refractivity contribution >= 4 is 15.9 Å². The fourth-order valence-electron chi connectivity index (χ4n) is 1.31. The Morgan fingerprint density at radius 2 is 1.60 bits per heavy atom. The third-order valence-corrected chi connectivity index (χ3v) is 3.33. The molecule has 0 saturated carbocycles. The summed E-state index contributed by atoms with van der Waals surface area (Å²) >= 11 is 3.72. The molecule has 0 heterocycles. The summed E-state index contributed by atoms with van der Waals surface area (Å²) in [6.45, 7) is 6.80. The molecule has 0 bridgehead atoms. The van der Waals surface area contributed by atoms with Crippen molar-refractivity contribution in [3.8, 4) is 0 Å². The Morgan fingerprint density at radius 3 is 1.90 bits per heavy atom. The van der Waals surface area contributed by atoms with Gasteiger partial charge in [-0.25, -0.2) is 0 Å². The van der Waals surface area contributed by atoms with Crippen molar-refractivity contribution in [3.05, 3.63) is 0 Å². The second-order valence-electron chi connectivity index (χ2n) is 2.88. The minimum Gasteiger partial charge on any atom is -0.0888 e. The van der Waals surface area contributed by atoms with Crippen molar-refractivity contribution in [2.24, 2.45) is 5.92 Å². The summed E-state index contributed by atoms with van der Waals surface area (Å²) in [5.74, 6) is 0.889. The second kappa shape index (κ2) is 6.21. The van der Waals surface area contributed by atoms with E-state index in [0.29, 0.717) is 0 Å². The van der Waals surface area contributed by atoms with E-state index in [1.165, 1.54) is 25.7 Å². The molecule has 0 aliphatic carbocycles. The number of hydrogen-bond acceptors (Lipinski definition) is 0. The van der Waals surface area contributed by atoms with Crippen molar-refractivity contribution in [1.82, 2.24) is 0 Å². The SMILES string of the molecule is CCCC(Br)C(CC)CC. The number of hydrogen-bond donors (Lipinski definition) is 0. The van der Waals surface area contributed by atoms with Gasteiger partial charge in [-0.15, -0.1) is 0 Å². The molecule has 0 aromatic rings. The first-order valence-electron chi connectivity index (χ1n) is 4.40. The molecule has 0 spiro atoms. The lowest BCUT2D eigenvalue weighted by atomic mass is 9.97. The Bertz CT molecular complexity index is 67.1. The summed E-state index contributed by atoms with van der Waals surface area (Å²) < 4.78 is 0. The summed E-state index contributed by atoms with van der Waals surface area (Å²) in [5.41, 5.74) is 0. The van der Waals surface area contributed by atoms with E-state index < -0.39 is 0 Å². The highest BCUT2D eigenvalue weighted by Gasteiger charge is 2.13. The number of rotatable bonds is 5. The average molecular weight is 207 g/mol. The zero-order valence-corrected chi connectivity index (χ0v) is 8.95. The van der Waals surface area contributed by atoms with Crippen LogP contribution in [0.1, 0.15) is 46.5 Å². The predicted molar refractivity (Wildman–Crippen MR) is 51.7 cm³/mol. The van der Waals surface area contributed by atoms with Gasteiger partial charge in [0.2, 0.25) is 0 Å². The molecule has 0 nitrogen and oxygen atoms in total. The number of alkyl halides is 1. The Balaban J connectivity index is 3.53. The lowest BCUT2D eigenvalue weighted by molar-refractivity contribution is 0.458. The van der Waals surface area contributed by atoms with Crippen molar-refractivity contribution in [3.63, 3.8) is 0 Å². The van der Waals surface area contributed by atoms with E-state index in [1.807, 2.05) is 0 Å². The molecule has 0 aliphatic heterocycles. The maximum Gasteiger partial charge on any atom is 0.0173 e. The molecular formula is C9H19Br. The van der Waals surface area contributed by atoms with Crippen molar-refractivity contribution in [2.45, 2.75) is 51.3 Å². The standard InChI is InChI=1S/C9H19Br/c1-4-7-9(10)8(5-2)6-3/h8-9H,4-7H2,1-3H3. The van der Waals surface area contributed by atoms with E-state index in [1.54, 1.807) is 0 Å². The summed E-state index contributed by atoms with van der Waals surface area (Å²) in [6.07, 6.45) is 5.25. The van der Waals surface area contributed by atoms with Crippen LogP contribution in [-0.2, 0) is 0 Å². The molecule has 0 amide bonds. The molecule has 0 radical (unpaired) electrons. The first-order valence-corrected chi connectivity index (χ1v) is 5.31. The lowest BCUT2D eigenvalue weighted by Gasteiger charge is -2.18. The molecular weight excluding hydrogens is 188 g/mol. The summed E-state index contributed by atoms with van der Waals surface area (Å²) in [7, 11) is 0. The highest BCUT2D eigenvalue weighted by atomic mass is 79.9. The number of halogens is 1. The van der Waals surface area contributed by atoms with Crippen LogP contribution in [0.15, 0.2) is 0 Å². The molecule has 10 heavy (non-hydrogen) atoms. The molecule has 0 aromatic heterocycles. The zero-order chi connectivity index (χ0) is 7.98. The Morgan fingerprint density at radius 1 is 1.10 bits per heavy atom. The van der Waals surface area contributed by atoms with Gasteiger partial charge in [-0.1, -0.05) is 56.0 Å². The van der Waals surface area contributed by atoms with E-state index in [0.717, 1.165) is 10.7 Å². The van der Waals surface area contributed by atoms with Gasteiger partial charge in [0, 0.05) is 4.83 Å². The maximum atomic E-state index is 3.72. The van der Waals surface area contributed by atoms with Gasteiger partial charge in [0.15, 0.2) is 0 Å². The molecule has 0 aliphatic rings. The molecule has 0 fully saturated rings. The Kier molecular flexibility index (Phi) is 6.50. The van der Waals surface area contributed by atoms with Crippen LogP contribution in [0.25, 0.3) is 0 Å². The normalized spacial score (nSPS) is 14.1. The Hall–Kier alpha value is 0.480. The molecule has 62 valence electrons. The van der Waals surface area contributed by atoms with Gasteiger partial charge >= 0.3 is 0 Å². The fourth-order valence-corrected chi connectivity index (χ4v) is 2.52. The van der Waals surface area contributed by atoms with Crippen LogP contribution in [0, 0.1) is 5.92 Å². The van der Waals surface area contributed by atoms with Crippen molar-refractivity contribution < 1.29 is 0 Å². The molecule has 0 rings (SSSR count). The highest BCUT2D eigenvalue weighted by Crippen LogP contribution is 2.23. The van der Waals surface area contributed by atoms with Gasteiger partial charge in [-0.3, -0.25) is 0 Å². The van der Waals surface area contributed by atoms with Gasteiger partial charge in [0.1, 0.15) is 0 Å². The fraction of sp³-hybridized carbons (Fsp3) is 1.00. The van der Waals surface area contributed by atoms with Gasteiger partial charge in [-0.05, 0) is 12.3 Å². The van der Waals surface area contributed by atoms with E-state index in [-0.39, 0.29) is 0 Å². The summed E-state index contributed by atoms with van der Waals surface area (Å²) in [4.78, 5) is 0.757. The zero-order valence-electron chi connectivity index (χ0n) is 7.36. The van der Waals surface area contributed by atoms with Gasteiger partial charge in [0.25, 0.3) is 0 Å². The average Bonchev–Trinajstić information content (AvgIpc) is 1.91. The Labute approximate surface area is 73.5 Å². The van der Waals surface area contributed by atoms with Crippen LogP contribution in [0.2, 0.25) is 0 Å². The van der Waals surface area contributed by atoms with Crippen LogP contribution in [0.3, 0.4) is 0 Å². The molecule has 0 N–H and O–H groups in total. The van der Waals surface area contributed by atoms with Crippen LogP contribution in [-0.4, -0.2) is 4.83 Å². The molecule has 0 aromatic carbocycles. The monoisotopic (exact) mass is 206 g/mol. The maximum absolute atomic E-state index is 3.72. The van der Waals surface area contributed by atoms with Crippen molar-refractivity contribution in [2.75, 3.05) is 0 Å². The van der Waals surface area contributed by atoms with E-state index in [4.69, 9.17) is 0 Å².